The van der Waals surface area contributed by atoms with Gasteiger partial charge in [0, 0.05) is 40.3 Å². The molecule has 2 heterocycles. The molecule has 1 aromatic carbocycles. The first-order valence-electron chi connectivity index (χ1n) is 8.05. The molecule has 0 radical (unpaired) electrons. The molecule has 1 fully saturated rings. The van der Waals surface area contributed by atoms with E-state index in [9.17, 15) is 9.59 Å². The van der Waals surface area contributed by atoms with E-state index in [1.807, 2.05) is 18.2 Å². The Kier molecular flexibility index (Phi) is 4.52. The van der Waals surface area contributed by atoms with E-state index in [0.717, 1.165) is 36.0 Å². The van der Waals surface area contributed by atoms with Gasteiger partial charge in [0.25, 0.3) is 0 Å². The maximum Gasteiger partial charge on any atom is 0.328 e. The number of rotatable bonds is 4. The van der Waals surface area contributed by atoms with E-state index in [2.05, 4.69) is 5.32 Å². The SMILES string of the molecule is Cn1c(=O)n(C)c2cc(CNC(=O)CC3CCCOC3)ccc21. The molecular weight excluding hydrogens is 294 g/mol. The molecule has 1 saturated heterocycles. The van der Waals surface area contributed by atoms with E-state index in [1.165, 1.54) is 0 Å². The van der Waals surface area contributed by atoms with Crippen LogP contribution in [0.15, 0.2) is 23.0 Å². The summed E-state index contributed by atoms with van der Waals surface area (Å²) in [6, 6.07) is 5.83. The van der Waals surface area contributed by atoms with Crippen LogP contribution in [0.25, 0.3) is 11.0 Å². The third-order valence-corrected chi connectivity index (χ3v) is 4.55. The van der Waals surface area contributed by atoms with Gasteiger partial charge in [0.1, 0.15) is 0 Å². The Labute approximate surface area is 135 Å². The summed E-state index contributed by atoms with van der Waals surface area (Å²) in [5, 5.41) is 2.96. The molecule has 0 spiro atoms. The van der Waals surface area contributed by atoms with Crippen LogP contribution >= 0.6 is 0 Å². The Bertz CT molecular complexity index is 769. The summed E-state index contributed by atoms with van der Waals surface area (Å²) in [4.78, 5) is 24.0. The molecule has 6 heteroatoms. The molecule has 2 aromatic rings. The lowest BCUT2D eigenvalue weighted by atomic mass is 9.98. The summed E-state index contributed by atoms with van der Waals surface area (Å²) in [7, 11) is 3.52. The van der Waals surface area contributed by atoms with Crippen LogP contribution in [0, 0.1) is 5.92 Å². The first kappa shape index (κ1) is 15.8. The van der Waals surface area contributed by atoms with Crippen molar-refractivity contribution < 1.29 is 9.53 Å². The number of imidazole rings is 1. The van der Waals surface area contributed by atoms with Crippen LogP contribution in [0.1, 0.15) is 24.8 Å². The van der Waals surface area contributed by atoms with Crippen molar-refractivity contribution in [3.63, 3.8) is 0 Å². The third-order valence-electron chi connectivity index (χ3n) is 4.55. The van der Waals surface area contributed by atoms with Gasteiger partial charge in [-0.15, -0.1) is 0 Å². The van der Waals surface area contributed by atoms with Crippen LogP contribution < -0.4 is 11.0 Å². The molecule has 0 aliphatic carbocycles. The summed E-state index contributed by atoms with van der Waals surface area (Å²) in [5.74, 6) is 0.392. The molecule has 1 unspecified atom stereocenters. The second kappa shape index (κ2) is 6.58. The van der Waals surface area contributed by atoms with Crippen molar-refractivity contribution in [2.24, 2.45) is 20.0 Å². The van der Waals surface area contributed by atoms with Crippen LogP contribution in [-0.2, 0) is 30.2 Å². The third kappa shape index (κ3) is 3.32. The van der Waals surface area contributed by atoms with Crippen molar-refractivity contribution in [1.82, 2.24) is 14.5 Å². The number of aromatic nitrogens is 2. The van der Waals surface area contributed by atoms with Gasteiger partial charge < -0.3 is 10.1 Å². The van der Waals surface area contributed by atoms with Gasteiger partial charge in [-0.1, -0.05) is 6.07 Å². The van der Waals surface area contributed by atoms with Gasteiger partial charge in [-0.25, -0.2) is 4.79 Å². The maximum absolute atomic E-state index is 12.0. The average molecular weight is 317 g/mol. The zero-order valence-electron chi connectivity index (χ0n) is 13.7. The zero-order valence-corrected chi connectivity index (χ0v) is 13.7. The normalized spacial score (nSPS) is 18.3. The summed E-state index contributed by atoms with van der Waals surface area (Å²) >= 11 is 0. The average Bonchev–Trinajstić information content (AvgIpc) is 2.78. The monoisotopic (exact) mass is 317 g/mol. The van der Waals surface area contributed by atoms with Crippen molar-refractivity contribution >= 4 is 16.9 Å². The highest BCUT2D eigenvalue weighted by molar-refractivity contribution is 5.78. The van der Waals surface area contributed by atoms with E-state index in [0.29, 0.717) is 25.5 Å². The highest BCUT2D eigenvalue weighted by Crippen LogP contribution is 2.17. The molecule has 1 atom stereocenters. The van der Waals surface area contributed by atoms with E-state index in [4.69, 9.17) is 4.74 Å². The highest BCUT2D eigenvalue weighted by Gasteiger charge is 2.17. The number of carbonyl (C=O) groups excluding carboxylic acids is 1. The molecule has 0 bridgehead atoms. The smallest absolute Gasteiger partial charge is 0.328 e. The van der Waals surface area contributed by atoms with Crippen molar-refractivity contribution in [2.45, 2.75) is 25.8 Å². The number of nitrogens with one attached hydrogen (secondary N) is 1. The molecule has 3 rings (SSSR count). The molecule has 1 aliphatic rings. The van der Waals surface area contributed by atoms with Gasteiger partial charge in [0.05, 0.1) is 11.0 Å². The minimum Gasteiger partial charge on any atom is -0.381 e. The van der Waals surface area contributed by atoms with Crippen LogP contribution in [0.5, 0.6) is 0 Å². The summed E-state index contributed by atoms with van der Waals surface area (Å²) in [5.41, 5.74) is 2.72. The molecule has 1 aromatic heterocycles. The molecule has 6 nitrogen and oxygen atoms in total. The second-order valence-electron chi connectivity index (χ2n) is 6.29. The number of ether oxygens (including phenoxy) is 1. The van der Waals surface area contributed by atoms with Gasteiger partial charge in [-0.05, 0) is 36.5 Å². The van der Waals surface area contributed by atoms with Crippen LogP contribution in [0.3, 0.4) is 0 Å². The molecule has 0 saturated carbocycles. The Morgan fingerprint density at radius 2 is 2.09 bits per heavy atom. The fraction of sp³-hybridized carbons (Fsp3) is 0.529. The topological polar surface area (TPSA) is 65.3 Å². The van der Waals surface area contributed by atoms with Gasteiger partial charge in [0.15, 0.2) is 0 Å². The Morgan fingerprint density at radius 1 is 1.30 bits per heavy atom. The maximum atomic E-state index is 12.0. The summed E-state index contributed by atoms with van der Waals surface area (Å²) < 4.78 is 8.66. The lowest BCUT2D eigenvalue weighted by Crippen LogP contribution is -2.28. The minimum atomic E-state index is -0.0431. The number of amides is 1. The predicted molar refractivity (Wildman–Crippen MR) is 88.2 cm³/mol. The number of hydrogen-bond donors (Lipinski definition) is 1. The van der Waals surface area contributed by atoms with Gasteiger partial charge in [-0.3, -0.25) is 13.9 Å². The molecule has 1 N–H and O–H groups in total. The Balaban J connectivity index is 1.64. The van der Waals surface area contributed by atoms with Crippen LogP contribution in [0.2, 0.25) is 0 Å². The lowest BCUT2D eigenvalue weighted by molar-refractivity contribution is -0.123. The largest absolute Gasteiger partial charge is 0.381 e. The van der Waals surface area contributed by atoms with Gasteiger partial charge >= 0.3 is 5.69 Å². The molecule has 1 aliphatic heterocycles. The van der Waals surface area contributed by atoms with E-state index < -0.39 is 0 Å². The summed E-state index contributed by atoms with van der Waals surface area (Å²) in [6.07, 6.45) is 2.62. The van der Waals surface area contributed by atoms with Crippen LogP contribution in [0.4, 0.5) is 0 Å². The fourth-order valence-corrected chi connectivity index (χ4v) is 3.17. The quantitative estimate of drug-likeness (QED) is 0.925. The number of hydrogen-bond acceptors (Lipinski definition) is 3. The fourth-order valence-electron chi connectivity index (χ4n) is 3.17. The molecular formula is C17H23N3O3. The number of nitrogens with zero attached hydrogens (tertiary/aromatic N) is 2. The van der Waals surface area contributed by atoms with E-state index in [-0.39, 0.29) is 11.6 Å². The Hall–Kier alpha value is -2.08. The first-order chi connectivity index (χ1) is 11.1. The Morgan fingerprint density at radius 3 is 2.83 bits per heavy atom. The second-order valence-corrected chi connectivity index (χ2v) is 6.29. The summed E-state index contributed by atoms with van der Waals surface area (Å²) in [6.45, 7) is 1.98. The first-order valence-corrected chi connectivity index (χ1v) is 8.05. The predicted octanol–water partition coefficient (Wildman–Crippen LogP) is 1.31. The molecule has 1 amide bonds. The van der Waals surface area contributed by atoms with Gasteiger partial charge in [0.2, 0.25) is 5.91 Å². The molecule has 124 valence electrons. The standard InChI is InChI=1S/C17H23N3O3/c1-19-14-6-5-12(8-15(14)20(2)17(19)22)10-18-16(21)9-13-4-3-7-23-11-13/h5-6,8,13H,3-4,7,9-11H2,1-2H3,(H,18,21). The van der Waals surface area contributed by atoms with E-state index in [1.54, 1.807) is 23.2 Å². The number of fused-ring (bicyclic) bond motifs is 1. The van der Waals surface area contributed by atoms with Crippen molar-refractivity contribution in [3.8, 4) is 0 Å². The highest BCUT2D eigenvalue weighted by atomic mass is 16.5. The van der Waals surface area contributed by atoms with Crippen LogP contribution in [-0.4, -0.2) is 28.3 Å². The minimum absolute atomic E-state index is 0.0431. The number of benzene rings is 1. The van der Waals surface area contributed by atoms with E-state index >= 15 is 0 Å². The lowest BCUT2D eigenvalue weighted by Gasteiger charge is -2.21. The number of carbonyl (C=O) groups is 1. The zero-order chi connectivity index (χ0) is 16.4. The molecule has 23 heavy (non-hydrogen) atoms. The number of aryl methyl sites for hydroxylation is 2. The van der Waals surface area contributed by atoms with Gasteiger partial charge in [-0.2, -0.15) is 0 Å². The van der Waals surface area contributed by atoms with Crippen molar-refractivity contribution in [2.75, 3.05) is 13.2 Å². The van der Waals surface area contributed by atoms with Crippen molar-refractivity contribution in [1.29, 1.82) is 0 Å². The van der Waals surface area contributed by atoms with Crippen molar-refractivity contribution in [3.05, 3.63) is 34.2 Å².